The largest absolute Gasteiger partial charge is 0.385 e. The monoisotopic (exact) mass is 555 g/mol. The highest BCUT2D eigenvalue weighted by molar-refractivity contribution is 14.0. The number of nitrogens with zero attached hydrogens (tertiary/aromatic N) is 4. The minimum absolute atomic E-state index is 0. The molecule has 1 aromatic heterocycles. The van der Waals surface area contributed by atoms with E-state index in [0.717, 1.165) is 76.7 Å². The van der Waals surface area contributed by atoms with E-state index in [-0.39, 0.29) is 24.0 Å². The molecule has 0 unspecified atom stereocenters. The summed E-state index contributed by atoms with van der Waals surface area (Å²) in [5.74, 6) is 1.99. The van der Waals surface area contributed by atoms with Crippen molar-refractivity contribution in [1.29, 1.82) is 0 Å². The number of hydrogen-bond acceptors (Lipinski definition) is 4. The molecule has 0 aliphatic carbocycles. The zero-order valence-corrected chi connectivity index (χ0v) is 21.7. The second kappa shape index (κ2) is 15.2. The minimum atomic E-state index is 0. The fourth-order valence-electron chi connectivity index (χ4n) is 3.99. The van der Waals surface area contributed by atoms with Crippen LogP contribution in [0, 0.1) is 0 Å². The lowest BCUT2D eigenvalue weighted by Crippen LogP contribution is -2.47. The Kier molecular flexibility index (Phi) is 12.7. The molecular weight excluding hydrogens is 517 g/mol. The lowest BCUT2D eigenvalue weighted by molar-refractivity contribution is 0.00989. The number of aromatic nitrogens is 2. The standard InChI is InChI=1S/C24H37N5O2.HI/c1-25-24(29-15-11-22(12-16-29)31-19-7-18-30-2)27-20-23-26-13-17-28(23)14-6-10-21-8-4-3-5-9-21;/h3-5,8-9,13,17,22H,6-7,10-12,14-16,18-20H2,1-2H3,(H,25,27);1H. The first-order valence-corrected chi connectivity index (χ1v) is 11.4. The first-order chi connectivity index (χ1) is 15.3. The maximum Gasteiger partial charge on any atom is 0.194 e. The summed E-state index contributed by atoms with van der Waals surface area (Å²) < 4.78 is 13.3. The number of rotatable bonds is 11. The van der Waals surface area contributed by atoms with Gasteiger partial charge in [-0.15, -0.1) is 24.0 Å². The third-order valence-corrected chi connectivity index (χ3v) is 5.71. The Bertz CT molecular complexity index is 776. The van der Waals surface area contributed by atoms with Gasteiger partial charge in [0.1, 0.15) is 5.82 Å². The van der Waals surface area contributed by atoms with Gasteiger partial charge in [-0.25, -0.2) is 4.98 Å². The molecule has 1 aliphatic heterocycles. The van der Waals surface area contributed by atoms with Gasteiger partial charge in [0.15, 0.2) is 5.96 Å². The Morgan fingerprint density at radius 2 is 1.94 bits per heavy atom. The molecule has 32 heavy (non-hydrogen) atoms. The molecule has 0 atom stereocenters. The molecule has 1 fully saturated rings. The van der Waals surface area contributed by atoms with E-state index in [0.29, 0.717) is 12.6 Å². The highest BCUT2D eigenvalue weighted by Crippen LogP contribution is 2.14. The van der Waals surface area contributed by atoms with Gasteiger partial charge in [-0.05, 0) is 37.7 Å². The topological polar surface area (TPSA) is 63.9 Å². The molecule has 1 aliphatic rings. The van der Waals surface area contributed by atoms with Crippen molar-refractivity contribution in [2.75, 3.05) is 40.5 Å². The van der Waals surface area contributed by atoms with E-state index in [1.807, 2.05) is 13.2 Å². The smallest absolute Gasteiger partial charge is 0.194 e. The van der Waals surface area contributed by atoms with E-state index in [2.05, 4.69) is 61.3 Å². The SMILES string of the molecule is CN=C(NCc1nccn1CCCc1ccccc1)N1CCC(OCCCOC)CC1.I. The van der Waals surface area contributed by atoms with Crippen LogP contribution in [0.3, 0.4) is 0 Å². The number of halogens is 1. The fourth-order valence-corrected chi connectivity index (χ4v) is 3.99. The third-order valence-electron chi connectivity index (χ3n) is 5.71. The van der Waals surface area contributed by atoms with Crippen LogP contribution >= 0.6 is 24.0 Å². The van der Waals surface area contributed by atoms with Crippen LogP contribution in [0.4, 0.5) is 0 Å². The number of likely N-dealkylation sites (tertiary alicyclic amines) is 1. The summed E-state index contributed by atoms with van der Waals surface area (Å²) in [6, 6.07) is 10.6. The molecule has 0 radical (unpaired) electrons. The van der Waals surface area contributed by atoms with E-state index in [1.165, 1.54) is 5.56 Å². The van der Waals surface area contributed by atoms with Crippen molar-refractivity contribution in [3.05, 3.63) is 54.1 Å². The molecule has 1 N–H and O–H groups in total. The Morgan fingerprint density at radius 3 is 2.66 bits per heavy atom. The Morgan fingerprint density at radius 1 is 1.16 bits per heavy atom. The Hall–Kier alpha value is -1.65. The molecule has 0 saturated carbocycles. The molecule has 0 spiro atoms. The van der Waals surface area contributed by atoms with Gasteiger partial charge in [-0.3, -0.25) is 4.99 Å². The van der Waals surface area contributed by atoms with Crippen LogP contribution < -0.4 is 5.32 Å². The van der Waals surface area contributed by atoms with Crippen LogP contribution in [-0.2, 0) is 29.0 Å². The molecule has 0 amide bonds. The number of piperidine rings is 1. The van der Waals surface area contributed by atoms with Crippen LogP contribution in [0.1, 0.15) is 37.1 Å². The van der Waals surface area contributed by atoms with Crippen molar-refractivity contribution in [1.82, 2.24) is 19.8 Å². The molecule has 2 heterocycles. The molecule has 8 heteroatoms. The van der Waals surface area contributed by atoms with E-state index < -0.39 is 0 Å². The van der Waals surface area contributed by atoms with Gasteiger partial charge in [0.25, 0.3) is 0 Å². The number of methoxy groups -OCH3 is 1. The summed E-state index contributed by atoms with van der Waals surface area (Å²) in [5.41, 5.74) is 1.38. The molecule has 2 aromatic rings. The average Bonchev–Trinajstić information content (AvgIpc) is 3.26. The number of aliphatic imine (C=N–C) groups is 1. The van der Waals surface area contributed by atoms with Crippen molar-refractivity contribution in [3.63, 3.8) is 0 Å². The second-order valence-electron chi connectivity index (χ2n) is 7.93. The van der Waals surface area contributed by atoms with Crippen molar-refractivity contribution in [2.24, 2.45) is 4.99 Å². The van der Waals surface area contributed by atoms with Gasteiger partial charge in [0.05, 0.1) is 12.6 Å². The summed E-state index contributed by atoms with van der Waals surface area (Å²) in [6.07, 6.45) is 9.48. The maximum atomic E-state index is 5.97. The van der Waals surface area contributed by atoms with Crippen LogP contribution in [0.2, 0.25) is 0 Å². The molecule has 7 nitrogen and oxygen atoms in total. The molecule has 1 aromatic carbocycles. The van der Waals surface area contributed by atoms with Gasteiger partial charge < -0.3 is 24.3 Å². The number of guanidine groups is 1. The van der Waals surface area contributed by atoms with Crippen LogP contribution in [0.15, 0.2) is 47.7 Å². The molecular formula is C24H38IN5O2. The summed E-state index contributed by atoms with van der Waals surface area (Å²) in [7, 11) is 3.58. The van der Waals surface area contributed by atoms with Gasteiger partial charge in [0, 0.05) is 59.4 Å². The van der Waals surface area contributed by atoms with Crippen LogP contribution in [-0.4, -0.2) is 67.0 Å². The number of benzene rings is 1. The van der Waals surface area contributed by atoms with E-state index in [4.69, 9.17) is 9.47 Å². The quantitative estimate of drug-likeness (QED) is 0.198. The number of imidazole rings is 1. The summed E-state index contributed by atoms with van der Waals surface area (Å²) in [4.78, 5) is 11.4. The lowest BCUT2D eigenvalue weighted by atomic mass is 10.1. The molecule has 178 valence electrons. The summed E-state index contributed by atoms with van der Waals surface area (Å²) in [5, 5.41) is 3.50. The molecule has 1 saturated heterocycles. The van der Waals surface area contributed by atoms with Crippen molar-refractivity contribution in [2.45, 2.75) is 51.3 Å². The van der Waals surface area contributed by atoms with Crippen LogP contribution in [0.5, 0.6) is 0 Å². The first kappa shape index (κ1) is 26.6. The second-order valence-corrected chi connectivity index (χ2v) is 7.93. The summed E-state index contributed by atoms with van der Waals surface area (Å²) in [6.45, 7) is 5.10. The highest BCUT2D eigenvalue weighted by Gasteiger charge is 2.22. The molecule has 0 bridgehead atoms. The van der Waals surface area contributed by atoms with E-state index in [9.17, 15) is 0 Å². The van der Waals surface area contributed by atoms with E-state index >= 15 is 0 Å². The number of ether oxygens (including phenoxy) is 2. The Balaban J connectivity index is 0.00000363. The van der Waals surface area contributed by atoms with Crippen molar-refractivity contribution < 1.29 is 9.47 Å². The lowest BCUT2D eigenvalue weighted by Gasteiger charge is -2.34. The number of hydrogen-bond donors (Lipinski definition) is 1. The zero-order valence-electron chi connectivity index (χ0n) is 19.4. The normalized spacial score (nSPS) is 14.9. The number of nitrogens with one attached hydrogen (secondary N) is 1. The highest BCUT2D eigenvalue weighted by atomic mass is 127. The zero-order chi connectivity index (χ0) is 21.7. The third kappa shape index (κ3) is 8.71. The predicted molar refractivity (Wildman–Crippen MR) is 140 cm³/mol. The fraction of sp³-hybridized carbons (Fsp3) is 0.583. The van der Waals surface area contributed by atoms with Gasteiger partial charge in [-0.2, -0.15) is 0 Å². The maximum absolute atomic E-state index is 5.97. The Labute approximate surface area is 209 Å². The first-order valence-electron chi connectivity index (χ1n) is 11.4. The van der Waals surface area contributed by atoms with Crippen LogP contribution in [0.25, 0.3) is 0 Å². The predicted octanol–water partition coefficient (Wildman–Crippen LogP) is 3.73. The van der Waals surface area contributed by atoms with E-state index in [1.54, 1.807) is 7.11 Å². The average molecular weight is 556 g/mol. The van der Waals surface area contributed by atoms with Crippen molar-refractivity contribution in [3.8, 4) is 0 Å². The van der Waals surface area contributed by atoms with Crippen molar-refractivity contribution >= 4 is 29.9 Å². The van der Waals surface area contributed by atoms with Gasteiger partial charge >= 0.3 is 0 Å². The van der Waals surface area contributed by atoms with Gasteiger partial charge in [0.2, 0.25) is 0 Å². The summed E-state index contributed by atoms with van der Waals surface area (Å²) >= 11 is 0. The minimum Gasteiger partial charge on any atom is -0.385 e. The molecule has 3 rings (SSSR count). The van der Waals surface area contributed by atoms with Gasteiger partial charge in [-0.1, -0.05) is 30.3 Å². The number of aryl methyl sites for hydroxylation is 2.